The summed E-state index contributed by atoms with van der Waals surface area (Å²) in [4.78, 5) is 13.3. The van der Waals surface area contributed by atoms with Crippen LogP contribution in [-0.4, -0.2) is 18.2 Å². The summed E-state index contributed by atoms with van der Waals surface area (Å²) in [6.45, 7) is 19.3. The summed E-state index contributed by atoms with van der Waals surface area (Å²) in [5.41, 5.74) is 12.2. The molecule has 0 aromatic heterocycles. The predicted molar refractivity (Wildman–Crippen MR) is 194 cm³/mol. The molecule has 7 rings (SSSR count). The van der Waals surface area contributed by atoms with Crippen molar-refractivity contribution < 1.29 is 13.9 Å². The first-order valence-corrected chi connectivity index (χ1v) is 19.3. The Morgan fingerprint density at radius 1 is 0.896 bits per heavy atom. The highest BCUT2D eigenvalue weighted by Crippen LogP contribution is 2.76. The standard InChI is InChI=1S/C44H62FNO2/c1-29(2)32-17-24-44(46)26-25-41(6)34(37(32)44)13-14-36-40(5)20-18-33(39(3,4)35(40)19-21-42(36,41)7)31-15-22-43(28-45,23-16-31)38(47)48-27-30-11-9-8-10-12-30/h8-12,15,18,32,34-37H,1,13-14,16-17,19-28,46H2,2-7H3/t32-,34+,35-,36+,37-,40-,41+,42+,43-,44-/m0/s1. The number of ether oxygens (including phenoxy) is 1. The number of allylic oxidation sites excluding steroid dienone is 5. The maximum Gasteiger partial charge on any atom is 0.315 e. The van der Waals surface area contributed by atoms with Crippen molar-refractivity contribution in [1.29, 1.82) is 0 Å². The van der Waals surface area contributed by atoms with Crippen LogP contribution in [0.4, 0.5) is 4.39 Å². The third-order valence-electron chi connectivity index (χ3n) is 16.6. The second-order valence-corrected chi connectivity index (χ2v) is 18.9. The van der Waals surface area contributed by atoms with Gasteiger partial charge in [0.15, 0.2) is 0 Å². The molecule has 2 N–H and O–H groups in total. The summed E-state index contributed by atoms with van der Waals surface area (Å²) >= 11 is 0. The average Bonchev–Trinajstić information content (AvgIpc) is 3.42. The van der Waals surface area contributed by atoms with Crippen LogP contribution in [0.2, 0.25) is 0 Å². The number of alkyl halides is 1. The number of benzene rings is 1. The maximum atomic E-state index is 14.6. The average molecular weight is 656 g/mol. The first-order valence-electron chi connectivity index (χ1n) is 19.3. The molecule has 1 aromatic rings. The van der Waals surface area contributed by atoms with E-state index < -0.39 is 18.1 Å². The molecule has 0 aliphatic heterocycles. The van der Waals surface area contributed by atoms with Crippen LogP contribution in [0.3, 0.4) is 0 Å². The molecule has 0 spiro atoms. The zero-order chi connectivity index (χ0) is 34.3. The van der Waals surface area contributed by atoms with Crippen molar-refractivity contribution in [2.24, 2.45) is 62.4 Å². The van der Waals surface area contributed by atoms with E-state index in [2.05, 4.69) is 60.3 Å². The van der Waals surface area contributed by atoms with Crippen LogP contribution in [0.5, 0.6) is 0 Å². The van der Waals surface area contributed by atoms with Crippen LogP contribution in [0, 0.1) is 56.7 Å². The largest absolute Gasteiger partial charge is 0.460 e. The molecule has 10 atom stereocenters. The fraction of sp³-hybridized carbons (Fsp3) is 0.705. The van der Waals surface area contributed by atoms with Gasteiger partial charge in [0, 0.05) is 5.54 Å². The molecule has 0 radical (unpaired) electrons. The highest BCUT2D eigenvalue weighted by Gasteiger charge is 2.70. The van der Waals surface area contributed by atoms with Crippen molar-refractivity contribution >= 4 is 5.97 Å². The van der Waals surface area contributed by atoms with E-state index in [0.29, 0.717) is 53.3 Å². The molecule has 4 fully saturated rings. The van der Waals surface area contributed by atoms with Gasteiger partial charge in [0.25, 0.3) is 0 Å². The van der Waals surface area contributed by atoms with Crippen LogP contribution >= 0.6 is 0 Å². The summed E-state index contributed by atoms with van der Waals surface area (Å²) in [5, 5.41) is 0. The van der Waals surface area contributed by atoms with E-state index >= 15 is 0 Å². The molecule has 0 unspecified atom stereocenters. The van der Waals surface area contributed by atoms with Gasteiger partial charge in [0.1, 0.15) is 13.3 Å². The molecule has 48 heavy (non-hydrogen) atoms. The number of halogens is 1. The summed E-state index contributed by atoms with van der Waals surface area (Å²) in [5.74, 6) is 2.74. The first-order chi connectivity index (χ1) is 22.7. The monoisotopic (exact) mass is 655 g/mol. The number of esters is 1. The van der Waals surface area contributed by atoms with Gasteiger partial charge in [-0.1, -0.05) is 89.3 Å². The minimum Gasteiger partial charge on any atom is -0.460 e. The molecular formula is C44H62FNO2. The number of carbonyl (C=O) groups excluding carboxylic acids is 1. The lowest BCUT2D eigenvalue weighted by Gasteiger charge is -2.72. The Labute approximate surface area is 290 Å². The summed E-state index contributed by atoms with van der Waals surface area (Å²) in [6, 6.07) is 9.68. The van der Waals surface area contributed by atoms with E-state index in [0.717, 1.165) is 18.4 Å². The fourth-order valence-corrected chi connectivity index (χ4v) is 13.7. The Hall–Kier alpha value is -2.20. The molecule has 0 saturated heterocycles. The van der Waals surface area contributed by atoms with E-state index in [1.807, 2.05) is 30.3 Å². The van der Waals surface area contributed by atoms with Gasteiger partial charge < -0.3 is 10.5 Å². The van der Waals surface area contributed by atoms with E-state index in [4.69, 9.17) is 10.5 Å². The lowest BCUT2D eigenvalue weighted by molar-refractivity contribution is -0.219. The molecule has 0 bridgehead atoms. The third-order valence-corrected chi connectivity index (χ3v) is 16.6. The third kappa shape index (κ3) is 4.84. The molecule has 3 nitrogen and oxygen atoms in total. The maximum absolute atomic E-state index is 14.6. The molecule has 6 aliphatic rings. The summed E-state index contributed by atoms with van der Waals surface area (Å²) < 4.78 is 20.3. The van der Waals surface area contributed by atoms with Crippen LogP contribution in [0.1, 0.15) is 124 Å². The van der Waals surface area contributed by atoms with Crippen molar-refractivity contribution in [3.63, 3.8) is 0 Å². The number of nitrogens with two attached hydrogens (primary N) is 1. The van der Waals surface area contributed by atoms with Gasteiger partial charge >= 0.3 is 5.97 Å². The molecular weight excluding hydrogens is 593 g/mol. The van der Waals surface area contributed by atoms with Crippen molar-refractivity contribution in [3.05, 3.63) is 71.3 Å². The number of hydrogen-bond acceptors (Lipinski definition) is 3. The summed E-state index contributed by atoms with van der Waals surface area (Å²) in [6.07, 6.45) is 17.5. The molecule has 4 saturated carbocycles. The minimum atomic E-state index is -1.07. The lowest BCUT2D eigenvalue weighted by Crippen LogP contribution is -2.67. The van der Waals surface area contributed by atoms with Crippen LogP contribution in [0.15, 0.2) is 65.8 Å². The Balaban J connectivity index is 1.12. The SMILES string of the molecule is C=C(C)[C@@H]1CC[C@]2(N)CC[C@]3(C)[C@H](CC[C@@H]4[C@@]5(C)CC=C(C6=CC[C@](CF)(C(=O)OCc7ccccc7)CC6)C(C)(C)[C@@H]5CC[C@]43C)[C@H]12. The Morgan fingerprint density at radius 2 is 1.65 bits per heavy atom. The topological polar surface area (TPSA) is 52.3 Å². The zero-order valence-electron chi connectivity index (χ0n) is 30.8. The number of rotatable bonds is 6. The highest BCUT2D eigenvalue weighted by molar-refractivity contribution is 5.78. The van der Waals surface area contributed by atoms with Crippen molar-refractivity contribution in [1.82, 2.24) is 0 Å². The minimum absolute atomic E-state index is 0.00531. The highest BCUT2D eigenvalue weighted by atomic mass is 19.1. The zero-order valence-corrected chi connectivity index (χ0v) is 30.8. The number of fused-ring (bicyclic) bond motifs is 7. The van der Waals surface area contributed by atoms with Gasteiger partial charge in [-0.25, -0.2) is 4.39 Å². The van der Waals surface area contributed by atoms with Gasteiger partial charge in [0.05, 0.1) is 5.41 Å². The number of carbonyl (C=O) groups is 1. The number of hydrogen-bond donors (Lipinski definition) is 1. The van der Waals surface area contributed by atoms with Crippen LogP contribution in [0.25, 0.3) is 0 Å². The Kier molecular flexibility index (Phi) is 8.33. The van der Waals surface area contributed by atoms with Crippen molar-refractivity contribution in [2.75, 3.05) is 6.67 Å². The van der Waals surface area contributed by atoms with E-state index in [9.17, 15) is 9.18 Å². The van der Waals surface area contributed by atoms with E-state index in [1.165, 1.54) is 68.1 Å². The first kappa shape index (κ1) is 34.3. The molecule has 1 aromatic carbocycles. The second-order valence-electron chi connectivity index (χ2n) is 18.9. The van der Waals surface area contributed by atoms with Gasteiger partial charge in [-0.05, 0) is 152 Å². The van der Waals surface area contributed by atoms with Crippen molar-refractivity contribution in [3.8, 4) is 0 Å². The van der Waals surface area contributed by atoms with Crippen molar-refractivity contribution in [2.45, 2.75) is 131 Å². The van der Waals surface area contributed by atoms with Gasteiger partial charge in [-0.3, -0.25) is 4.79 Å². The van der Waals surface area contributed by atoms with Gasteiger partial charge in [0.2, 0.25) is 0 Å². The lowest BCUT2D eigenvalue weighted by atomic mass is 9.33. The molecule has 0 heterocycles. The van der Waals surface area contributed by atoms with Gasteiger partial charge in [-0.15, -0.1) is 0 Å². The molecule has 4 heteroatoms. The predicted octanol–water partition coefficient (Wildman–Crippen LogP) is 10.7. The Morgan fingerprint density at radius 3 is 2.31 bits per heavy atom. The second kappa shape index (κ2) is 11.7. The molecule has 262 valence electrons. The van der Waals surface area contributed by atoms with Gasteiger partial charge in [-0.2, -0.15) is 0 Å². The quantitative estimate of drug-likeness (QED) is 0.245. The van der Waals surface area contributed by atoms with E-state index in [1.54, 1.807) is 0 Å². The Bertz CT molecular complexity index is 1510. The smallest absolute Gasteiger partial charge is 0.315 e. The van der Waals surface area contributed by atoms with Crippen LogP contribution < -0.4 is 5.73 Å². The van der Waals surface area contributed by atoms with E-state index in [-0.39, 0.29) is 23.0 Å². The normalized spacial score (nSPS) is 44.6. The molecule has 6 aliphatic carbocycles. The van der Waals surface area contributed by atoms with Crippen LogP contribution in [-0.2, 0) is 16.1 Å². The summed E-state index contributed by atoms with van der Waals surface area (Å²) in [7, 11) is 0. The molecule has 0 amide bonds. The fourth-order valence-electron chi connectivity index (χ4n) is 13.7.